The van der Waals surface area contributed by atoms with Crippen molar-refractivity contribution in [2.24, 2.45) is 0 Å². The fourth-order valence-electron chi connectivity index (χ4n) is 4.42. The summed E-state index contributed by atoms with van der Waals surface area (Å²) in [7, 11) is -1.06. The minimum Gasteiger partial charge on any atom is -0.493 e. The fourth-order valence-corrected chi connectivity index (χ4v) is 5.59. The molecule has 0 saturated carbocycles. The van der Waals surface area contributed by atoms with Crippen LogP contribution in [0, 0.1) is 0 Å². The van der Waals surface area contributed by atoms with Crippen molar-refractivity contribution in [3.8, 4) is 11.5 Å². The predicted octanol–water partition coefficient (Wildman–Crippen LogP) is 5.33. The minimum absolute atomic E-state index is 0.0231. The average Bonchev–Trinajstić information content (AvgIpc) is 2.98. The molecule has 0 spiro atoms. The number of anilines is 1. The maximum Gasteiger partial charge on any atom is 0.244 e. The highest BCUT2D eigenvalue weighted by Gasteiger charge is 2.33. The second kappa shape index (κ2) is 15.3. The Kier molecular flexibility index (Phi) is 12.1. The lowest BCUT2D eigenvalue weighted by Crippen LogP contribution is -2.54. The van der Waals surface area contributed by atoms with Crippen molar-refractivity contribution in [1.29, 1.82) is 0 Å². The van der Waals surface area contributed by atoms with E-state index in [1.165, 1.54) is 31.3 Å². The summed E-state index contributed by atoms with van der Waals surface area (Å²) in [5, 5.41) is 3.63. The summed E-state index contributed by atoms with van der Waals surface area (Å²) in [5.41, 5.74) is 1.65. The normalized spacial score (nSPS) is 12.6. The van der Waals surface area contributed by atoms with Gasteiger partial charge >= 0.3 is 0 Å². The van der Waals surface area contributed by atoms with Crippen LogP contribution in [-0.2, 0) is 32.6 Å². The van der Waals surface area contributed by atoms with Crippen LogP contribution in [0.4, 0.5) is 5.69 Å². The van der Waals surface area contributed by atoms with E-state index in [9.17, 15) is 18.0 Å². The molecule has 0 aliphatic heterocycles. The Bertz CT molecular complexity index is 1520. The zero-order chi connectivity index (χ0) is 31.7. The molecule has 2 amide bonds. The molecule has 3 aromatic carbocycles. The molecule has 0 heterocycles. The zero-order valence-electron chi connectivity index (χ0n) is 24.8. The van der Waals surface area contributed by atoms with Crippen molar-refractivity contribution in [1.82, 2.24) is 10.2 Å². The topological polar surface area (TPSA) is 105 Å². The molecule has 0 fully saturated rings. The largest absolute Gasteiger partial charge is 0.493 e. The smallest absolute Gasteiger partial charge is 0.244 e. The number of nitrogens with zero attached hydrogens (tertiary/aromatic N) is 2. The Hall–Kier alpha value is -3.47. The first kappa shape index (κ1) is 34.0. The van der Waals surface area contributed by atoms with Crippen LogP contribution in [0.15, 0.2) is 66.7 Å². The van der Waals surface area contributed by atoms with Gasteiger partial charge in [0, 0.05) is 25.1 Å². The number of carbonyl (C=O) groups is 2. The number of sulfonamides is 1. The van der Waals surface area contributed by atoms with Crippen molar-refractivity contribution in [3.63, 3.8) is 0 Å². The third kappa shape index (κ3) is 9.26. The van der Waals surface area contributed by atoms with Crippen LogP contribution in [0.2, 0.25) is 10.0 Å². The summed E-state index contributed by atoms with van der Waals surface area (Å²) >= 11 is 12.4. The van der Waals surface area contributed by atoms with E-state index in [-0.39, 0.29) is 30.6 Å². The van der Waals surface area contributed by atoms with Gasteiger partial charge in [-0.3, -0.25) is 13.9 Å². The molecule has 9 nitrogen and oxygen atoms in total. The van der Waals surface area contributed by atoms with E-state index in [4.69, 9.17) is 32.7 Å². The SMILES string of the molecule is CC[C@@H](C)NC(=O)[C@H](Cc1ccccc1)N(Cc1ccc(Cl)c(Cl)c1)C(=O)CN(c1ccc(OC)c(OC)c1)S(C)(=O)=O. The van der Waals surface area contributed by atoms with Crippen molar-refractivity contribution in [3.05, 3.63) is 87.9 Å². The van der Waals surface area contributed by atoms with Gasteiger partial charge in [-0.25, -0.2) is 8.42 Å². The third-order valence-electron chi connectivity index (χ3n) is 6.94. The van der Waals surface area contributed by atoms with E-state index in [1.807, 2.05) is 44.2 Å². The van der Waals surface area contributed by atoms with Gasteiger partial charge < -0.3 is 19.7 Å². The van der Waals surface area contributed by atoms with Crippen LogP contribution >= 0.6 is 23.2 Å². The Morgan fingerprint density at radius 2 is 1.58 bits per heavy atom. The highest BCUT2D eigenvalue weighted by Crippen LogP contribution is 2.33. The number of hydrogen-bond donors (Lipinski definition) is 1. The Morgan fingerprint density at radius 3 is 2.16 bits per heavy atom. The molecule has 0 aromatic heterocycles. The van der Waals surface area contributed by atoms with Crippen LogP contribution in [0.25, 0.3) is 0 Å². The van der Waals surface area contributed by atoms with Crippen molar-refractivity contribution in [2.75, 3.05) is 31.3 Å². The van der Waals surface area contributed by atoms with E-state index >= 15 is 0 Å². The van der Waals surface area contributed by atoms with Gasteiger partial charge in [0.05, 0.1) is 36.2 Å². The molecular weight excluding hydrogens is 613 g/mol. The number of carbonyl (C=O) groups excluding carboxylic acids is 2. The number of hydrogen-bond acceptors (Lipinski definition) is 6. The lowest BCUT2D eigenvalue weighted by atomic mass is 10.0. The van der Waals surface area contributed by atoms with Gasteiger partial charge in [-0.1, -0.05) is 66.5 Å². The van der Waals surface area contributed by atoms with Crippen LogP contribution in [0.1, 0.15) is 31.4 Å². The standard InChI is InChI=1S/C31H37Cl2N3O6S/c1-6-21(2)34-31(38)27(17-22-10-8-7-9-11-22)35(19-23-12-14-25(32)26(33)16-23)30(37)20-36(43(5,39)40)24-13-15-28(41-3)29(18-24)42-4/h7-16,18,21,27H,6,17,19-20H2,1-5H3,(H,34,38)/t21-,27+/m1/s1. The minimum atomic E-state index is -3.95. The molecule has 2 atom stereocenters. The molecule has 232 valence electrons. The summed E-state index contributed by atoms with van der Waals surface area (Å²) in [4.78, 5) is 29.4. The van der Waals surface area contributed by atoms with Gasteiger partial charge in [0.2, 0.25) is 21.8 Å². The summed E-state index contributed by atoms with van der Waals surface area (Å²) in [6.07, 6.45) is 1.90. The molecule has 0 radical (unpaired) electrons. The number of benzene rings is 3. The number of ether oxygens (including phenoxy) is 2. The van der Waals surface area contributed by atoms with Gasteiger partial charge in [-0.2, -0.15) is 0 Å². The first-order valence-corrected chi connectivity index (χ1v) is 16.3. The molecule has 0 aliphatic carbocycles. The van der Waals surface area contributed by atoms with E-state index in [1.54, 1.807) is 24.3 Å². The van der Waals surface area contributed by atoms with Gasteiger partial charge in [-0.15, -0.1) is 0 Å². The number of amides is 2. The summed E-state index contributed by atoms with van der Waals surface area (Å²) in [5.74, 6) is -0.254. The van der Waals surface area contributed by atoms with Gasteiger partial charge in [0.15, 0.2) is 11.5 Å². The van der Waals surface area contributed by atoms with Crippen LogP contribution < -0.4 is 19.1 Å². The lowest BCUT2D eigenvalue weighted by Gasteiger charge is -2.34. The maximum atomic E-state index is 14.2. The van der Waals surface area contributed by atoms with E-state index in [0.717, 1.165) is 16.1 Å². The monoisotopic (exact) mass is 649 g/mol. The number of halogens is 2. The van der Waals surface area contributed by atoms with Crippen molar-refractivity contribution < 1.29 is 27.5 Å². The number of rotatable bonds is 14. The summed E-state index contributed by atoms with van der Waals surface area (Å²) in [6.45, 7) is 3.23. The molecule has 3 aromatic rings. The van der Waals surface area contributed by atoms with E-state index < -0.39 is 28.5 Å². The summed E-state index contributed by atoms with van der Waals surface area (Å²) < 4.78 is 37.7. The molecule has 43 heavy (non-hydrogen) atoms. The second-order valence-electron chi connectivity index (χ2n) is 10.1. The third-order valence-corrected chi connectivity index (χ3v) is 8.82. The fraction of sp³-hybridized carbons (Fsp3) is 0.355. The molecule has 3 rings (SSSR count). The molecule has 12 heteroatoms. The first-order valence-electron chi connectivity index (χ1n) is 13.6. The second-order valence-corrected chi connectivity index (χ2v) is 12.8. The predicted molar refractivity (Wildman–Crippen MR) is 171 cm³/mol. The number of methoxy groups -OCH3 is 2. The maximum absolute atomic E-state index is 14.2. The first-order chi connectivity index (χ1) is 20.4. The lowest BCUT2D eigenvalue weighted by molar-refractivity contribution is -0.140. The van der Waals surface area contributed by atoms with Gasteiger partial charge in [-0.05, 0) is 48.7 Å². The van der Waals surface area contributed by atoms with Gasteiger partial charge in [0.25, 0.3) is 0 Å². The summed E-state index contributed by atoms with van der Waals surface area (Å²) in [6, 6.07) is 17.7. The van der Waals surface area contributed by atoms with Gasteiger partial charge in [0.1, 0.15) is 12.6 Å². The molecule has 0 saturated heterocycles. The molecule has 0 aliphatic rings. The Balaban J connectivity index is 2.10. The molecule has 1 N–H and O–H groups in total. The van der Waals surface area contributed by atoms with E-state index in [2.05, 4.69) is 5.32 Å². The molecule has 0 bridgehead atoms. The number of nitrogens with one attached hydrogen (secondary N) is 1. The zero-order valence-corrected chi connectivity index (χ0v) is 27.2. The van der Waals surface area contributed by atoms with Crippen LogP contribution in [0.5, 0.6) is 11.5 Å². The van der Waals surface area contributed by atoms with Crippen molar-refractivity contribution >= 4 is 50.7 Å². The molecule has 0 unspecified atom stereocenters. The highest BCUT2D eigenvalue weighted by atomic mass is 35.5. The average molecular weight is 651 g/mol. The highest BCUT2D eigenvalue weighted by molar-refractivity contribution is 7.92. The van der Waals surface area contributed by atoms with Crippen LogP contribution in [0.3, 0.4) is 0 Å². The van der Waals surface area contributed by atoms with E-state index in [0.29, 0.717) is 33.5 Å². The quantitative estimate of drug-likeness (QED) is 0.253. The Labute approximate surface area is 263 Å². The Morgan fingerprint density at radius 1 is 0.907 bits per heavy atom. The van der Waals surface area contributed by atoms with Crippen LogP contribution in [-0.4, -0.2) is 64.2 Å². The molecular formula is C31H37Cl2N3O6S. The van der Waals surface area contributed by atoms with Crippen molar-refractivity contribution in [2.45, 2.75) is 45.3 Å².